The second-order valence-corrected chi connectivity index (χ2v) is 8.28. The minimum Gasteiger partial charge on any atom is -0.496 e. The lowest BCUT2D eigenvalue weighted by atomic mass is 10.0. The van der Waals surface area contributed by atoms with Crippen LogP contribution in [0.1, 0.15) is 31.2 Å². The normalized spacial score (nSPS) is 16.2. The Kier molecular flexibility index (Phi) is 4.76. The van der Waals surface area contributed by atoms with Gasteiger partial charge in [0.05, 0.1) is 31.3 Å². The second kappa shape index (κ2) is 7.10. The van der Waals surface area contributed by atoms with Crippen molar-refractivity contribution in [1.29, 1.82) is 0 Å². The van der Waals surface area contributed by atoms with Crippen LogP contribution in [0.2, 0.25) is 5.02 Å². The SMILES string of the molecule is COc1cc(Cl)ccc1C(=O)N1CCc2c(sc3c2C(=O)N(C)CC(=O)N3)C1. The molecule has 0 aliphatic carbocycles. The van der Waals surface area contributed by atoms with Gasteiger partial charge in [-0.2, -0.15) is 0 Å². The number of carbonyl (C=O) groups is 3. The van der Waals surface area contributed by atoms with Gasteiger partial charge in [-0.05, 0) is 30.2 Å². The Morgan fingerprint density at radius 2 is 2.07 bits per heavy atom. The van der Waals surface area contributed by atoms with E-state index in [0.29, 0.717) is 46.4 Å². The van der Waals surface area contributed by atoms with Gasteiger partial charge >= 0.3 is 0 Å². The zero-order chi connectivity index (χ0) is 20.0. The Balaban J connectivity index is 1.65. The molecule has 0 atom stereocenters. The minimum absolute atomic E-state index is 0.0377. The smallest absolute Gasteiger partial charge is 0.257 e. The highest BCUT2D eigenvalue weighted by Crippen LogP contribution is 2.39. The van der Waals surface area contributed by atoms with Crippen molar-refractivity contribution in [2.24, 2.45) is 0 Å². The number of nitrogens with zero attached hydrogens (tertiary/aromatic N) is 2. The fraction of sp³-hybridized carbons (Fsp3) is 0.316. The lowest BCUT2D eigenvalue weighted by Crippen LogP contribution is -2.36. The van der Waals surface area contributed by atoms with E-state index < -0.39 is 0 Å². The summed E-state index contributed by atoms with van der Waals surface area (Å²) in [4.78, 5) is 41.8. The van der Waals surface area contributed by atoms with E-state index >= 15 is 0 Å². The molecule has 3 amide bonds. The number of methoxy groups -OCH3 is 1. The number of amides is 3. The van der Waals surface area contributed by atoms with E-state index in [9.17, 15) is 14.4 Å². The van der Waals surface area contributed by atoms with Crippen molar-refractivity contribution in [1.82, 2.24) is 9.80 Å². The molecule has 0 bridgehead atoms. The Hall–Kier alpha value is -2.58. The average Bonchev–Trinajstić information content (AvgIpc) is 2.98. The van der Waals surface area contributed by atoms with Crippen molar-refractivity contribution in [3.8, 4) is 5.75 Å². The number of rotatable bonds is 2. The van der Waals surface area contributed by atoms with Crippen molar-refractivity contribution in [3.63, 3.8) is 0 Å². The van der Waals surface area contributed by atoms with Crippen molar-refractivity contribution in [2.75, 3.05) is 32.6 Å². The molecule has 0 saturated carbocycles. The van der Waals surface area contributed by atoms with Gasteiger partial charge in [0.15, 0.2) is 0 Å². The van der Waals surface area contributed by atoms with Crippen LogP contribution in [0.25, 0.3) is 0 Å². The highest BCUT2D eigenvalue weighted by Gasteiger charge is 2.34. The number of hydrogen-bond donors (Lipinski definition) is 1. The molecular formula is C19H18ClN3O4S. The van der Waals surface area contributed by atoms with E-state index in [0.717, 1.165) is 10.4 Å². The number of halogens is 1. The highest BCUT2D eigenvalue weighted by molar-refractivity contribution is 7.17. The van der Waals surface area contributed by atoms with Crippen LogP contribution in [-0.4, -0.2) is 54.8 Å². The number of nitrogens with one attached hydrogen (secondary N) is 1. The van der Waals surface area contributed by atoms with Crippen LogP contribution in [0.5, 0.6) is 5.75 Å². The van der Waals surface area contributed by atoms with Crippen LogP contribution in [0, 0.1) is 0 Å². The summed E-state index contributed by atoms with van der Waals surface area (Å²) in [5, 5.41) is 3.89. The molecule has 3 heterocycles. The molecular weight excluding hydrogens is 402 g/mol. The first-order chi connectivity index (χ1) is 13.4. The summed E-state index contributed by atoms with van der Waals surface area (Å²) in [6.45, 7) is 0.895. The summed E-state index contributed by atoms with van der Waals surface area (Å²) in [5.41, 5.74) is 1.92. The molecule has 1 N–H and O–H groups in total. The predicted octanol–water partition coefficient (Wildman–Crippen LogP) is 2.63. The molecule has 146 valence electrons. The Bertz CT molecular complexity index is 1000. The number of ether oxygens (including phenoxy) is 1. The standard InChI is InChI=1S/C19H18ClN3O4S/c1-22-9-15(24)21-17-16(19(22)26)12-5-6-23(8-14(12)28-17)18(25)11-4-3-10(20)7-13(11)27-2/h3-4,7H,5-6,8-9H2,1-2H3,(H,21,24). The van der Waals surface area contributed by atoms with Crippen molar-refractivity contribution < 1.29 is 19.1 Å². The maximum Gasteiger partial charge on any atom is 0.257 e. The first kappa shape index (κ1) is 18.8. The maximum absolute atomic E-state index is 13.0. The van der Waals surface area contributed by atoms with Gasteiger partial charge < -0.3 is 19.9 Å². The summed E-state index contributed by atoms with van der Waals surface area (Å²) in [6, 6.07) is 4.92. The molecule has 9 heteroatoms. The Morgan fingerprint density at radius 1 is 1.29 bits per heavy atom. The van der Waals surface area contributed by atoms with Crippen LogP contribution >= 0.6 is 22.9 Å². The third kappa shape index (κ3) is 3.12. The van der Waals surface area contributed by atoms with Gasteiger partial charge in [0, 0.05) is 23.5 Å². The molecule has 2 aliphatic heterocycles. The summed E-state index contributed by atoms with van der Waals surface area (Å²) in [7, 11) is 3.12. The fourth-order valence-electron chi connectivity index (χ4n) is 3.55. The molecule has 0 spiro atoms. The lowest BCUT2D eigenvalue weighted by Gasteiger charge is -2.28. The third-order valence-corrected chi connectivity index (χ3v) is 6.30. The molecule has 0 radical (unpaired) electrons. The van der Waals surface area contributed by atoms with Gasteiger partial charge in [-0.3, -0.25) is 14.4 Å². The average molecular weight is 420 g/mol. The fourth-order valence-corrected chi connectivity index (χ4v) is 4.98. The second-order valence-electron chi connectivity index (χ2n) is 6.74. The summed E-state index contributed by atoms with van der Waals surface area (Å²) < 4.78 is 5.30. The van der Waals surface area contributed by atoms with Gasteiger partial charge in [-0.15, -0.1) is 11.3 Å². The monoisotopic (exact) mass is 419 g/mol. The van der Waals surface area contributed by atoms with E-state index in [1.807, 2.05) is 0 Å². The molecule has 0 fully saturated rings. The van der Waals surface area contributed by atoms with Gasteiger partial charge in [0.25, 0.3) is 11.8 Å². The molecule has 2 aliphatic rings. The van der Waals surface area contributed by atoms with Crippen LogP contribution in [-0.2, 0) is 17.8 Å². The molecule has 4 rings (SSSR count). The van der Waals surface area contributed by atoms with Crippen molar-refractivity contribution in [3.05, 3.63) is 44.8 Å². The zero-order valence-corrected chi connectivity index (χ0v) is 16.9. The van der Waals surface area contributed by atoms with Crippen molar-refractivity contribution >= 4 is 45.7 Å². The maximum atomic E-state index is 13.0. The number of benzene rings is 1. The molecule has 0 saturated heterocycles. The number of likely N-dealkylation sites (N-methyl/N-ethyl adjacent to an activating group) is 1. The summed E-state index contributed by atoms with van der Waals surface area (Å²) in [5.74, 6) is -0.110. The van der Waals surface area contributed by atoms with Gasteiger partial charge in [0.2, 0.25) is 5.91 Å². The topological polar surface area (TPSA) is 79.0 Å². The third-order valence-electron chi connectivity index (χ3n) is 4.93. The van der Waals surface area contributed by atoms with Crippen LogP contribution < -0.4 is 10.1 Å². The number of carbonyl (C=O) groups excluding carboxylic acids is 3. The Morgan fingerprint density at radius 3 is 2.82 bits per heavy atom. The predicted molar refractivity (Wildman–Crippen MR) is 106 cm³/mol. The quantitative estimate of drug-likeness (QED) is 0.811. The first-order valence-electron chi connectivity index (χ1n) is 8.71. The summed E-state index contributed by atoms with van der Waals surface area (Å²) in [6.07, 6.45) is 0.554. The van der Waals surface area contributed by atoms with Crippen LogP contribution in [0.15, 0.2) is 18.2 Å². The number of fused-ring (bicyclic) bond motifs is 3. The minimum atomic E-state index is -0.216. The molecule has 1 aromatic heterocycles. The van der Waals surface area contributed by atoms with Gasteiger partial charge in [0.1, 0.15) is 10.8 Å². The van der Waals surface area contributed by atoms with E-state index in [4.69, 9.17) is 16.3 Å². The van der Waals surface area contributed by atoms with E-state index in [1.54, 1.807) is 30.1 Å². The largest absolute Gasteiger partial charge is 0.496 e. The molecule has 0 unspecified atom stereocenters. The van der Waals surface area contributed by atoms with E-state index in [1.165, 1.54) is 23.3 Å². The number of thiophene rings is 1. The van der Waals surface area contributed by atoms with Gasteiger partial charge in [-0.1, -0.05) is 11.6 Å². The zero-order valence-electron chi connectivity index (χ0n) is 15.4. The van der Waals surface area contributed by atoms with Crippen LogP contribution in [0.3, 0.4) is 0 Å². The lowest BCUT2D eigenvalue weighted by molar-refractivity contribution is -0.116. The number of hydrogen-bond acceptors (Lipinski definition) is 5. The van der Waals surface area contributed by atoms with Crippen molar-refractivity contribution in [2.45, 2.75) is 13.0 Å². The first-order valence-corrected chi connectivity index (χ1v) is 9.91. The summed E-state index contributed by atoms with van der Waals surface area (Å²) >= 11 is 7.35. The molecule has 7 nitrogen and oxygen atoms in total. The molecule has 1 aromatic carbocycles. The molecule has 2 aromatic rings. The highest BCUT2D eigenvalue weighted by atomic mass is 35.5. The van der Waals surface area contributed by atoms with Gasteiger partial charge in [-0.25, -0.2) is 0 Å². The van der Waals surface area contributed by atoms with E-state index in [-0.39, 0.29) is 24.3 Å². The Labute approximate surface area is 170 Å². The number of anilines is 1. The molecule has 28 heavy (non-hydrogen) atoms. The van der Waals surface area contributed by atoms with E-state index in [2.05, 4.69) is 5.32 Å². The van der Waals surface area contributed by atoms with Crippen LogP contribution in [0.4, 0.5) is 5.00 Å².